The van der Waals surface area contributed by atoms with Crippen molar-refractivity contribution in [3.8, 4) is 0 Å². The number of nitrogens with one attached hydrogen (secondary N) is 2. The van der Waals surface area contributed by atoms with Gasteiger partial charge in [-0.25, -0.2) is 0 Å². The van der Waals surface area contributed by atoms with Crippen molar-refractivity contribution in [2.24, 2.45) is 0 Å². The number of nitrogens with zero attached hydrogens (tertiary/aromatic N) is 1. The lowest BCUT2D eigenvalue weighted by atomic mass is 9.98. The molecule has 2 saturated heterocycles. The van der Waals surface area contributed by atoms with Gasteiger partial charge in [0, 0.05) is 30.9 Å². The van der Waals surface area contributed by atoms with E-state index in [2.05, 4.69) is 15.5 Å². The number of anilines is 1. The van der Waals surface area contributed by atoms with E-state index in [0.717, 1.165) is 30.8 Å². The van der Waals surface area contributed by atoms with Gasteiger partial charge < -0.3 is 10.6 Å². The maximum absolute atomic E-state index is 12.6. The molecule has 2 unspecified atom stereocenters. The summed E-state index contributed by atoms with van der Waals surface area (Å²) >= 11 is 0. The van der Waals surface area contributed by atoms with Crippen molar-refractivity contribution in [1.29, 1.82) is 0 Å². The van der Waals surface area contributed by atoms with E-state index in [4.69, 9.17) is 0 Å². The highest BCUT2D eigenvalue weighted by Crippen LogP contribution is 2.27. The van der Waals surface area contributed by atoms with Crippen LogP contribution in [0.5, 0.6) is 0 Å². The van der Waals surface area contributed by atoms with Gasteiger partial charge in [0.25, 0.3) is 5.91 Å². The molecule has 2 atom stereocenters. The first-order valence-corrected chi connectivity index (χ1v) is 8.17. The predicted octanol–water partition coefficient (Wildman–Crippen LogP) is 2.48. The lowest BCUT2D eigenvalue weighted by Crippen LogP contribution is -2.46. The fourth-order valence-electron chi connectivity index (χ4n) is 3.69. The van der Waals surface area contributed by atoms with Crippen molar-refractivity contribution < 1.29 is 4.79 Å². The van der Waals surface area contributed by atoms with E-state index in [0.29, 0.717) is 12.1 Å². The second-order valence-corrected chi connectivity index (χ2v) is 6.04. The van der Waals surface area contributed by atoms with Crippen LogP contribution in [0.15, 0.2) is 24.3 Å². The van der Waals surface area contributed by atoms with Gasteiger partial charge in [0.15, 0.2) is 0 Å². The Kier molecular flexibility index (Phi) is 4.44. The van der Waals surface area contributed by atoms with Crippen LogP contribution in [0.25, 0.3) is 0 Å². The number of amides is 1. The zero-order chi connectivity index (χ0) is 14.7. The molecule has 1 amide bonds. The van der Waals surface area contributed by atoms with Gasteiger partial charge in [0.1, 0.15) is 0 Å². The van der Waals surface area contributed by atoms with Crippen LogP contribution in [0.2, 0.25) is 0 Å². The largest absolute Gasteiger partial charge is 0.385 e. The molecule has 0 radical (unpaired) electrons. The number of hydrogen-bond acceptors (Lipinski definition) is 3. The Morgan fingerprint density at radius 2 is 2.10 bits per heavy atom. The van der Waals surface area contributed by atoms with Crippen molar-refractivity contribution in [2.75, 3.05) is 25.0 Å². The molecular formula is C17H25N3O. The molecule has 2 heterocycles. The Labute approximate surface area is 126 Å². The zero-order valence-electron chi connectivity index (χ0n) is 12.8. The molecule has 0 saturated carbocycles. The molecule has 2 fully saturated rings. The number of para-hydroxylation sites is 1. The minimum atomic E-state index is 0.0592. The van der Waals surface area contributed by atoms with E-state index in [1.807, 2.05) is 31.2 Å². The Morgan fingerprint density at radius 3 is 2.95 bits per heavy atom. The third-order valence-electron chi connectivity index (χ3n) is 4.71. The van der Waals surface area contributed by atoms with Crippen LogP contribution < -0.4 is 10.6 Å². The Bertz CT molecular complexity index is 503. The Hall–Kier alpha value is -1.55. The maximum Gasteiger partial charge on any atom is 0.253 e. The topological polar surface area (TPSA) is 44.4 Å². The molecule has 114 valence electrons. The SMILES string of the molecule is CCNc1ccccc1C(=O)NC1CCN2CCCCC12. The summed E-state index contributed by atoms with van der Waals surface area (Å²) in [5.74, 6) is 0.0592. The van der Waals surface area contributed by atoms with Gasteiger partial charge >= 0.3 is 0 Å². The minimum absolute atomic E-state index is 0.0592. The van der Waals surface area contributed by atoms with E-state index < -0.39 is 0 Å². The van der Waals surface area contributed by atoms with Crippen molar-refractivity contribution in [3.63, 3.8) is 0 Å². The van der Waals surface area contributed by atoms with E-state index in [9.17, 15) is 4.79 Å². The van der Waals surface area contributed by atoms with E-state index in [1.165, 1.54) is 25.8 Å². The van der Waals surface area contributed by atoms with Crippen molar-refractivity contribution in [1.82, 2.24) is 10.2 Å². The molecular weight excluding hydrogens is 262 g/mol. The van der Waals surface area contributed by atoms with E-state index in [1.54, 1.807) is 0 Å². The number of fused-ring (bicyclic) bond motifs is 1. The van der Waals surface area contributed by atoms with Gasteiger partial charge in [-0.05, 0) is 44.9 Å². The first-order chi connectivity index (χ1) is 10.3. The van der Waals surface area contributed by atoms with E-state index in [-0.39, 0.29) is 5.91 Å². The van der Waals surface area contributed by atoms with Crippen LogP contribution in [0.4, 0.5) is 5.69 Å². The van der Waals surface area contributed by atoms with Crippen LogP contribution in [0, 0.1) is 0 Å². The van der Waals surface area contributed by atoms with Crippen molar-refractivity contribution >= 4 is 11.6 Å². The molecule has 4 heteroatoms. The lowest BCUT2D eigenvalue weighted by Gasteiger charge is -2.32. The monoisotopic (exact) mass is 287 g/mol. The van der Waals surface area contributed by atoms with Gasteiger partial charge in [-0.3, -0.25) is 9.69 Å². The Balaban J connectivity index is 1.69. The summed E-state index contributed by atoms with van der Waals surface area (Å²) in [5, 5.41) is 6.54. The minimum Gasteiger partial charge on any atom is -0.385 e. The smallest absolute Gasteiger partial charge is 0.253 e. The van der Waals surface area contributed by atoms with Crippen LogP contribution in [-0.2, 0) is 0 Å². The molecule has 0 spiro atoms. The zero-order valence-corrected chi connectivity index (χ0v) is 12.8. The molecule has 21 heavy (non-hydrogen) atoms. The number of piperidine rings is 1. The fraction of sp³-hybridized carbons (Fsp3) is 0.588. The second kappa shape index (κ2) is 6.48. The molecule has 4 nitrogen and oxygen atoms in total. The number of carbonyl (C=O) groups excluding carboxylic acids is 1. The quantitative estimate of drug-likeness (QED) is 0.894. The highest BCUT2D eigenvalue weighted by atomic mass is 16.1. The fourth-order valence-corrected chi connectivity index (χ4v) is 3.69. The summed E-state index contributed by atoms with van der Waals surface area (Å²) in [4.78, 5) is 15.1. The first-order valence-electron chi connectivity index (χ1n) is 8.17. The van der Waals surface area contributed by atoms with Gasteiger partial charge in [0.05, 0.1) is 5.56 Å². The summed E-state index contributed by atoms with van der Waals surface area (Å²) in [5.41, 5.74) is 1.68. The summed E-state index contributed by atoms with van der Waals surface area (Å²) in [6, 6.07) is 8.63. The number of hydrogen-bond donors (Lipinski definition) is 2. The number of rotatable bonds is 4. The van der Waals surface area contributed by atoms with Crippen molar-refractivity contribution in [2.45, 2.75) is 44.7 Å². The highest BCUT2D eigenvalue weighted by molar-refractivity contribution is 5.99. The normalized spacial score (nSPS) is 25.4. The Morgan fingerprint density at radius 1 is 1.24 bits per heavy atom. The van der Waals surface area contributed by atoms with Crippen LogP contribution >= 0.6 is 0 Å². The van der Waals surface area contributed by atoms with Gasteiger partial charge in [-0.1, -0.05) is 18.6 Å². The highest BCUT2D eigenvalue weighted by Gasteiger charge is 2.36. The number of carbonyl (C=O) groups is 1. The van der Waals surface area contributed by atoms with E-state index >= 15 is 0 Å². The lowest BCUT2D eigenvalue weighted by molar-refractivity contribution is 0.0916. The third-order valence-corrected chi connectivity index (χ3v) is 4.71. The number of benzene rings is 1. The molecule has 0 bridgehead atoms. The molecule has 0 aliphatic carbocycles. The van der Waals surface area contributed by atoms with Crippen LogP contribution in [0.1, 0.15) is 43.0 Å². The predicted molar refractivity (Wildman–Crippen MR) is 85.7 cm³/mol. The molecule has 2 N–H and O–H groups in total. The molecule has 2 aliphatic heterocycles. The standard InChI is InChI=1S/C17H25N3O/c1-2-18-14-8-4-3-7-13(14)17(21)19-15-10-12-20-11-6-5-9-16(15)20/h3-4,7-8,15-16,18H,2,5-6,9-12H2,1H3,(H,19,21). The second-order valence-electron chi connectivity index (χ2n) is 6.04. The molecule has 1 aromatic rings. The summed E-state index contributed by atoms with van der Waals surface area (Å²) in [7, 11) is 0. The van der Waals surface area contributed by atoms with Crippen LogP contribution in [0.3, 0.4) is 0 Å². The van der Waals surface area contributed by atoms with Gasteiger partial charge in [0.2, 0.25) is 0 Å². The average molecular weight is 287 g/mol. The average Bonchev–Trinajstić information content (AvgIpc) is 2.91. The summed E-state index contributed by atoms with van der Waals surface area (Å²) < 4.78 is 0. The maximum atomic E-state index is 12.6. The van der Waals surface area contributed by atoms with Gasteiger partial charge in [-0.2, -0.15) is 0 Å². The van der Waals surface area contributed by atoms with Crippen LogP contribution in [-0.4, -0.2) is 42.5 Å². The summed E-state index contributed by atoms with van der Waals surface area (Å²) in [6.07, 6.45) is 4.90. The molecule has 0 aromatic heterocycles. The molecule has 2 aliphatic rings. The van der Waals surface area contributed by atoms with Crippen molar-refractivity contribution in [3.05, 3.63) is 29.8 Å². The molecule has 3 rings (SSSR count). The molecule has 1 aromatic carbocycles. The first kappa shape index (κ1) is 14.4. The van der Waals surface area contributed by atoms with Gasteiger partial charge in [-0.15, -0.1) is 0 Å². The third kappa shape index (κ3) is 3.05. The summed E-state index contributed by atoms with van der Waals surface area (Å²) in [6.45, 7) is 5.20.